The van der Waals surface area contributed by atoms with Crippen LogP contribution in [0.25, 0.3) is 0 Å². The van der Waals surface area contributed by atoms with E-state index in [0.717, 1.165) is 28.8 Å². The Morgan fingerprint density at radius 3 is 1.74 bits per heavy atom. The average Bonchev–Trinajstić information content (AvgIpc) is 2.82. The molecule has 3 N–H and O–H groups in total. The molecule has 2 unspecified atom stereocenters. The van der Waals surface area contributed by atoms with Crippen LogP contribution in [-0.4, -0.2) is 45.9 Å². The highest BCUT2D eigenvalue weighted by Gasteiger charge is 2.52. The molecule has 2 heterocycles. The van der Waals surface area contributed by atoms with Gasteiger partial charge in [0.2, 0.25) is 0 Å². The normalized spacial score (nSPS) is 22.8. The molecule has 2 aliphatic rings. The molecule has 0 radical (unpaired) electrons. The third-order valence-corrected chi connectivity index (χ3v) is 9.46. The highest BCUT2D eigenvalue weighted by molar-refractivity contribution is 6.00. The molecule has 0 amide bonds. The van der Waals surface area contributed by atoms with Crippen molar-refractivity contribution in [3.8, 4) is 5.75 Å². The van der Waals surface area contributed by atoms with Crippen molar-refractivity contribution >= 4 is 11.9 Å². The van der Waals surface area contributed by atoms with Gasteiger partial charge < -0.3 is 25.2 Å². The lowest BCUT2D eigenvalue weighted by atomic mass is 9.73. The molecule has 0 bridgehead atoms. The first-order valence-corrected chi connectivity index (χ1v) is 17.3. The Balaban J connectivity index is 2.17. The predicted octanol–water partition coefficient (Wildman–Crippen LogP) is 8.15. The van der Waals surface area contributed by atoms with Crippen molar-refractivity contribution in [1.82, 2.24) is 10.6 Å². The maximum Gasteiger partial charge on any atom is 0.324 e. The number of hydrogen-bond donors (Lipinski definition) is 3. The largest absolute Gasteiger partial charge is 0.507 e. The molecule has 260 valence electrons. The van der Waals surface area contributed by atoms with Crippen LogP contribution in [0.2, 0.25) is 0 Å². The molecule has 2 fully saturated rings. The zero-order valence-corrected chi connectivity index (χ0v) is 31.3. The quantitative estimate of drug-likeness (QED) is 0.185. The minimum atomic E-state index is -1.55. The van der Waals surface area contributed by atoms with E-state index in [9.17, 15) is 14.7 Å². The molecule has 2 saturated heterocycles. The molecule has 46 heavy (non-hydrogen) atoms. The van der Waals surface area contributed by atoms with Crippen molar-refractivity contribution in [2.45, 2.75) is 181 Å². The maximum atomic E-state index is 14.7. The smallest absolute Gasteiger partial charge is 0.324 e. The van der Waals surface area contributed by atoms with Gasteiger partial charge in [-0.05, 0) is 81.9 Å². The van der Waals surface area contributed by atoms with E-state index in [0.29, 0.717) is 38.5 Å². The van der Waals surface area contributed by atoms with Crippen LogP contribution in [-0.2, 0) is 36.3 Å². The molecule has 0 spiro atoms. The molecular weight excluding hydrogens is 576 g/mol. The molecule has 1 aromatic rings. The van der Waals surface area contributed by atoms with Crippen LogP contribution in [0.4, 0.5) is 0 Å². The van der Waals surface area contributed by atoms with Gasteiger partial charge in [-0.25, -0.2) is 0 Å². The van der Waals surface area contributed by atoms with Crippen LogP contribution >= 0.6 is 0 Å². The van der Waals surface area contributed by atoms with Crippen LogP contribution in [0.1, 0.15) is 152 Å². The number of piperidine rings is 2. The highest BCUT2D eigenvalue weighted by atomic mass is 16.6. The second kappa shape index (κ2) is 13.2. The van der Waals surface area contributed by atoms with E-state index in [4.69, 9.17) is 9.47 Å². The lowest BCUT2D eigenvalue weighted by Gasteiger charge is -2.46. The Bertz CT molecular complexity index is 1250. The van der Waals surface area contributed by atoms with Gasteiger partial charge >= 0.3 is 11.9 Å². The van der Waals surface area contributed by atoms with E-state index in [1.807, 2.05) is 12.1 Å². The van der Waals surface area contributed by atoms with Gasteiger partial charge in [0.05, 0.1) is 0 Å². The summed E-state index contributed by atoms with van der Waals surface area (Å²) in [7, 11) is 0. The number of aromatic hydroxyl groups is 1. The molecule has 0 saturated carbocycles. The Labute approximate surface area is 279 Å². The number of esters is 2. The van der Waals surface area contributed by atoms with Gasteiger partial charge in [-0.3, -0.25) is 9.59 Å². The first-order chi connectivity index (χ1) is 20.8. The molecule has 7 heteroatoms. The van der Waals surface area contributed by atoms with Gasteiger partial charge in [-0.1, -0.05) is 80.0 Å². The topological polar surface area (TPSA) is 96.9 Å². The summed E-state index contributed by atoms with van der Waals surface area (Å²) in [6.45, 7) is 31.2. The van der Waals surface area contributed by atoms with E-state index >= 15 is 0 Å². The third kappa shape index (κ3) is 9.29. The second-order valence-corrected chi connectivity index (χ2v) is 18.3. The van der Waals surface area contributed by atoms with Gasteiger partial charge in [0.1, 0.15) is 18.0 Å². The summed E-state index contributed by atoms with van der Waals surface area (Å²) in [5, 5.41) is 18.5. The zero-order valence-electron chi connectivity index (χ0n) is 31.3. The number of phenolic OH excluding ortho intramolecular Hbond substituents is 1. The SMILES string of the molecule is C=C1CC(OC(=O)C(CCCC)(Cc2cc(C(C)(C)C)c(O)c(C(C)(C)C)c2)C(=O)OC2CC(C)(C)NC(C)(C)C2)CC(C)(C)N1. The van der Waals surface area contributed by atoms with E-state index < -0.39 is 23.5 Å². The first-order valence-electron chi connectivity index (χ1n) is 17.3. The third-order valence-electron chi connectivity index (χ3n) is 9.46. The van der Waals surface area contributed by atoms with Gasteiger partial charge in [-0.2, -0.15) is 0 Å². The fraction of sp³-hybridized carbons (Fsp3) is 0.744. The van der Waals surface area contributed by atoms with Gasteiger partial charge in [0.15, 0.2) is 5.41 Å². The van der Waals surface area contributed by atoms with Crippen molar-refractivity contribution in [2.75, 3.05) is 0 Å². The molecule has 2 atom stereocenters. The van der Waals surface area contributed by atoms with Crippen molar-refractivity contribution in [3.05, 3.63) is 41.1 Å². The fourth-order valence-corrected chi connectivity index (χ4v) is 7.71. The van der Waals surface area contributed by atoms with Gasteiger partial charge in [0.25, 0.3) is 0 Å². The number of carbonyl (C=O) groups excluding carboxylic acids is 2. The summed E-state index contributed by atoms with van der Waals surface area (Å²) in [6, 6.07) is 3.94. The number of phenols is 1. The van der Waals surface area contributed by atoms with Crippen molar-refractivity contribution in [1.29, 1.82) is 0 Å². The Morgan fingerprint density at radius 2 is 1.30 bits per heavy atom. The van der Waals surface area contributed by atoms with Crippen molar-refractivity contribution < 1.29 is 24.2 Å². The molecule has 0 aromatic heterocycles. The maximum absolute atomic E-state index is 14.7. The first kappa shape index (κ1) is 37.9. The summed E-state index contributed by atoms with van der Waals surface area (Å²) >= 11 is 0. The van der Waals surface area contributed by atoms with Crippen molar-refractivity contribution in [3.63, 3.8) is 0 Å². The summed E-state index contributed by atoms with van der Waals surface area (Å²) in [5.74, 6) is -0.779. The van der Waals surface area contributed by atoms with Crippen molar-refractivity contribution in [2.24, 2.45) is 5.41 Å². The standard InChI is InChI=1S/C39H64N2O5/c1-15-16-17-39(32(43)45-27-18-25(2)40-36(9,10)22-27,33(44)46-28-23-37(11,12)41-38(13,14)24-28)21-26-19-29(34(3,4)5)31(42)30(20-26)35(6,7)8/h19-20,27-28,40-42H,2,15-18,21-24H2,1,3-14H3. The number of unbranched alkanes of at least 4 members (excludes halogenated alkanes) is 1. The van der Waals surface area contributed by atoms with Gasteiger partial charge in [-0.15, -0.1) is 0 Å². The van der Waals surface area contributed by atoms with Crippen LogP contribution in [0.3, 0.4) is 0 Å². The Kier molecular flexibility index (Phi) is 10.8. The predicted molar refractivity (Wildman–Crippen MR) is 187 cm³/mol. The van der Waals surface area contributed by atoms with Gasteiger partial charge in [0, 0.05) is 48.0 Å². The number of nitrogens with one attached hydrogen (secondary N) is 2. The Morgan fingerprint density at radius 1 is 0.848 bits per heavy atom. The zero-order chi connectivity index (χ0) is 35.1. The van der Waals surface area contributed by atoms with E-state index in [1.54, 1.807) is 0 Å². The van der Waals surface area contributed by atoms with E-state index in [2.05, 4.69) is 107 Å². The minimum Gasteiger partial charge on any atom is -0.507 e. The molecule has 3 rings (SSSR count). The molecule has 1 aromatic carbocycles. The van der Waals surface area contributed by atoms with Crippen LogP contribution in [0.15, 0.2) is 24.4 Å². The molecule has 7 nitrogen and oxygen atoms in total. The minimum absolute atomic E-state index is 0.129. The molecular formula is C39H64N2O5. The Hall–Kier alpha value is -2.54. The van der Waals surface area contributed by atoms with Crippen LogP contribution < -0.4 is 10.6 Å². The number of carbonyl (C=O) groups is 2. The fourth-order valence-electron chi connectivity index (χ4n) is 7.71. The number of benzene rings is 1. The number of ether oxygens (including phenoxy) is 2. The summed E-state index contributed by atoms with van der Waals surface area (Å²) in [5.41, 5.74) is 0.184. The average molecular weight is 641 g/mol. The number of rotatable bonds is 9. The molecule has 0 aliphatic carbocycles. The summed E-state index contributed by atoms with van der Waals surface area (Å²) in [4.78, 5) is 29.4. The lowest BCUT2D eigenvalue weighted by Crippen LogP contribution is -2.60. The van der Waals surface area contributed by atoms with Crippen LogP contribution in [0, 0.1) is 5.41 Å². The monoisotopic (exact) mass is 640 g/mol. The van der Waals surface area contributed by atoms with Crippen LogP contribution in [0.5, 0.6) is 5.75 Å². The lowest BCUT2D eigenvalue weighted by molar-refractivity contribution is -0.182. The molecule has 2 aliphatic heterocycles. The highest BCUT2D eigenvalue weighted by Crippen LogP contribution is 2.43. The summed E-state index contributed by atoms with van der Waals surface area (Å²) in [6.07, 6.45) is 3.54. The summed E-state index contributed by atoms with van der Waals surface area (Å²) < 4.78 is 12.8. The second-order valence-electron chi connectivity index (χ2n) is 18.3. The number of hydrogen-bond acceptors (Lipinski definition) is 7. The van der Waals surface area contributed by atoms with E-state index in [1.165, 1.54) is 0 Å². The van der Waals surface area contributed by atoms with E-state index in [-0.39, 0.29) is 45.7 Å².